The molecule has 2 amide bonds. The molecule has 0 spiro atoms. The molecule has 0 saturated carbocycles. The Bertz CT molecular complexity index is 752. The maximum absolute atomic E-state index is 12.3. The van der Waals surface area contributed by atoms with Gasteiger partial charge < -0.3 is 15.4 Å². The van der Waals surface area contributed by atoms with Crippen LogP contribution in [0, 0.1) is 0 Å². The maximum atomic E-state index is 12.3. The topological polar surface area (TPSA) is 67.4 Å². The molecule has 0 unspecified atom stereocenters. The summed E-state index contributed by atoms with van der Waals surface area (Å²) in [6.07, 6.45) is 0.289. The van der Waals surface area contributed by atoms with Crippen LogP contribution in [0.15, 0.2) is 42.5 Å². The van der Waals surface area contributed by atoms with E-state index in [-0.39, 0.29) is 18.2 Å². The fraction of sp³-hybridized carbons (Fsp3) is 0.300. The number of hydrogen-bond donors (Lipinski definition) is 2. The van der Waals surface area contributed by atoms with Gasteiger partial charge in [0.25, 0.3) is 0 Å². The Hall–Kier alpha value is -2.82. The van der Waals surface area contributed by atoms with Gasteiger partial charge in [0.1, 0.15) is 5.75 Å². The first-order valence-corrected chi connectivity index (χ1v) is 8.23. The number of amides is 2. The van der Waals surface area contributed by atoms with E-state index in [1.54, 1.807) is 31.4 Å². The fourth-order valence-corrected chi connectivity index (χ4v) is 2.58. The molecule has 0 aromatic heterocycles. The second kappa shape index (κ2) is 8.33. The first-order chi connectivity index (χ1) is 11.9. The molecule has 5 nitrogen and oxygen atoms in total. The SMILES string of the molecule is COc1ccc(CC(=O)Nc2ccc(NC(C)=O)cc2)cc1C(C)C. The lowest BCUT2D eigenvalue weighted by Crippen LogP contribution is -2.14. The van der Waals surface area contributed by atoms with E-state index in [0.717, 1.165) is 16.9 Å². The van der Waals surface area contributed by atoms with Gasteiger partial charge >= 0.3 is 0 Å². The van der Waals surface area contributed by atoms with E-state index in [1.807, 2.05) is 18.2 Å². The van der Waals surface area contributed by atoms with Crippen molar-refractivity contribution in [1.29, 1.82) is 0 Å². The van der Waals surface area contributed by atoms with Gasteiger partial charge in [0.05, 0.1) is 13.5 Å². The smallest absolute Gasteiger partial charge is 0.228 e. The maximum Gasteiger partial charge on any atom is 0.228 e. The number of nitrogens with one attached hydrogen (secondary N) is 2. The molecule has 2 aromatic rings. The second-order valence-electron chi connectivity index (χ2n) is 6.21. The first kappa shape index (κ1) is 18.5. The summed E-state index contributed by atoms with van der Waals surface area (Å²) in [6.45, 7) is 5.65. The van der Waals surface area contributed by atoms with E-state index in [2.05, 4.69) is 24.5 Å². The highest BCUT2D eigenvalue weighted by molar-refractivity contribution is 5.93. The number of rotatable bonds is 6. The zero-order chi connectivity index (χ0) is 18.4. The van der Waals surface area contributed by atoms with Crippen LogP contribution in [0.3, 0.4) is 0 Å². The minimum Gasteiger partial charge on any atom is -0.496 e. The molecule has 0 fully saturated rings. The van der Waals surface area contributed by atoms with Crippen LogP contribution < -0.4 is 15.4 Å². The Labute approximate surface area is 148 Å². The molecule has 0 atom stereocenters. The summed E-state index contributed by atoms with van der Waals surface area (Å²) in [5.41, 5.74) is 3.42. The Balaban J connectivity index is 2.02. The van der Waals surface area contributed by atoms with Crippen molar-refractivity contribution in [3.8, 4) is 5.75 Å². The first-order valence-electron chi connectivity index (χ1n) is 8.23. The molecule has 132 valence electrons. The Morgan fingerprint density at radius 3 is 2.12 bits per heavy atom. The van der Waals surface area contributed by atoms with Crippen LogP contribution in [0.4, 0.5) is 11.4 Å². The number of methoxy groups -OCH3 is 1. The fourth-order valence-electron chi connectivity index (χ4n) is 2.58. The third kappa shape index (κ3) is 5.35. The zero-order valence-electron chi connectivity index (χ0n) is 15.1. The summed E-state index contributed by atoms with van der Waals surface area (Å²) in [5.74, 6) is 0.941. The highest BCUT2D eigenvalue weighted by atomic mass is 16.5. The average Bonchev–Trinajstić information content (AvgIpc) is 2.56. The molecule has 0 radical (unpaired) electrons. The summed E-state index contributed by atoms with van der Waals surface area (Å²) in [7, 11) is 1.65. The number of benzene rings is 2. The second-order valence-corrected chi connectivity index (χ2v) is 6.21. The van der Waals surface area contributed by atoms with Crippen LogP contribution in [0.1, 0.15) is 37.8 Å². The third-order valence-electron chi connectivity index (χ3n) is 3.77. The van der Waals surface area contributed by atoms with Gasteiger partial charge in [-0.2, -0.15) is 0 Å². The van der Waals surface area contributed by atoms with Crippen LogP contribution in [-0.4, -0.2) is 18.9 Å². The lowest BCUT2D eigenvalue weighted by molar-refractivity contribution is -0.116. The van der Waals surface area contributed by atoms with Gasteiger partial charge in [-0.3, -0.25) is 9.59 Å². The molecule has 0 aliphatic carbocycles. The normalized spacial score (nSPS) is 10.4. The monoisotopic (exact) mass is 340 g/mol. The number of ether oxygens (including phenoxy) is 1. The largest absolute Gasteiger partial charge is 0.496 e. The van der Waals surface area contributed by atoms with E-state index in [4.69, 9.17) is 4.74 Å². The zero-order valence-corrected chi connectivity index (χ0v) is 15.1. The Kier molecular flexibility index (Phi) is 6.17. The summed E-state index contributed by atoms with van der Waals surface area (Å²) in [5, 5.41) is 5.55. The lowest BCUT2D eigenvalue weighted by atomic mass is 9.98. The van der Waals surface area contributed by atoms with E-state index in [1.165, 1.54) is 6.92 Å². The average molecular weight is 340 g/mol. The molecule has 25 heavy (non-hydrogen) atoms. The predicted molar refractivity (Wildman–Crippen MR) is 100 cm³/mol. The van der Waals surface area contributed by atoms with Gasteiger partial charge in [-0.05, 0) is 47.4 Å². The van der Waals surface area contributed by atoms with Crippen molar-refractivity contribution >= 4 is 23.2 Å². The van der Waals surface area contributed by atoms with Crippen molar-refractivity contribution in [2.45, 2.75) is 33.1 Å². The summed E-state index contributed by atoms with van der Waals surface area (Å²) < 4.78 is 5.37. The van der Waals surface area contributed by atoms with E-state index in [9.17, 15) is 9.59 Å². The van der Waals surface area contributed by atoms with Crippen molar-refractivity contribution in [1.82, 2.24) is 0 Å². The number of carbonyl (C=O) groups is 2. The van der Waals surface area contributed by atoms with E-state index < -0.39 is 0 Å². The molecule has 0 heterocycles. The predicted octanol–water partition coefficient (Wildman–Crippen LogP) is 3.96. The van der Waals surface area contributed by atoms with Gasteiger partial charge in [0, 0.05) is 18.3 Å². The van der Waals surface area contributed by atoms with E-state index >= 15 is 0 Å². The van der Waals surface area contributed by atoms with Gasteiger partial charge in [-0.1, -0.05) is 26.0 Å². The molecule has 0 saturated heterocycles. The molecular weight excluding hydrogens is 316 g/mol. The Morgan fingerprint density at radius 1 is 1.00 bits per heavy atom. The number of carbonyl (C=O) groups excluding carboxylic acids is 2. The van der Waals surface area contributed by atoms with Crippen LogP contribution in [0.5, 0.6) is 5.75 Å². The van der Waals surface area contributed by atoms with Gasteiger partial charge in [-0.25, -0.2) is 0 Å². The van der Waals surface area contributed by atoms with Crippen molar-refractivity contribution in [3.05, 3.63) is 53.6 Å². The standard InChI is InChI=1S/C20H24N2O3/c1-13(2)18-11-15(5-10-19(18)25-4)12-20(24)22-17-8-6-16(7-9-17)21-14(3)23/h5-11,13H,12H2,1-4H3,(H,21,23)(H,22,24). The van der Waals surface area contributed by atoms with Crippen LogP contribution in [0.2, 0.25) is 0 Å². The summed E-state index contributed by atoms with van der Waals surface area (Å²) >= 11 is 0. The van der Waals surface area contributed by atoms with Crippen molar-refractivity contribution in [3.63, 3.8) is 0 Å². The summed E-state index contributed by atoms with van der Waals surface area (Å²) in [4.78, 5) is 23.3. The molecule has 2 aromatic carbocycles. The van der Waals surface area contributed by atoms with Gasteiger partial charge in [0.15, 0.2) is 0 Å². The number of anilines is 2. The minimum absolute atomic E-state index is 0.0906. The molecule has 0 bridgehead atoms. The molecular formula is C20H24N2O3. The highest BCUT2D eigenvalue weighted by Gasteiger charge is 2.11. The molecule has 0 aliphatic rings. The van der Waals surface area contributed by atoms with Crippen LogP contribution in [0.25, 0.3) is 0 Å². The Morgan fingerprint density at radius 2 is 1.60 bits per heavy atom. The van der Waals surface area contributed by atoms with Crippen molar-refractivity contribution in [2.24, 2.45) is 0 Å². The van der Waals surface area contributed by atoms with Crippen LogP contribution in [-0.2, 0) is 16.0 Å². The quantitative estimate of drug-likeness (QED) is 0.836. The highest BCUT2D eigenvalue weighted by Crippen LogP contribution is 2.27. The summed E-state index contributed by atoms with van der Waals surface area (Å²) in [6, 6.07) is 12.9. The molecule has 2 N–H and O–H groups in total. The molecule has 2 rings (SSSR count). The molecule has 0 aliphatic heterocycles. The lowest BCUT2D eigenvalue weighted by Gasteiger charge is -2.13. The third-order valence-corrected chi connectivity index (χ3v) is 3.77. The van der Waals surface area contributed by atoms with Crippen molar-refractivity contribution in [2.75, 3.05) is 17.7 Å². The number of hydrogen-bond acceptors (Lipinski definition) is 3. The van der Waals surface area contributed by atoms with Gasteiger partial charge in [-0.15, -0.1) is 0 Å². The molecule has 5 heteroatoms. The van der Waals surface area contributed by atoms with Crippen LogP contribution >= 0.6 is 0 Å². The minimum atomic E-state index is -0.128. The van der Waals surface area contributed by atoms with Gasteiger partial charge in [0.2, 0.25) is 11.8 Å². The van der Waals surface area contributed by atoms with E-state index in [0.29, 0.717) is 17.3 Å². The van der Waals surface area contributed by atoms with Crippen molar-refractivity contribution < 1.29 is 14.3 Å².